The van der Waals surface area contributed by atoms with E-state index in [1.54, 1.807) is 24.4 Å². The molecule has 0 aliphatic carbocycles. The average molecular weight is 409 g/mol. The van der Waals surface area contributed by atoms with Gasteiger partial charge in [0.05, 0.1) is 17.9 Å². The Morgan fingerprint density at radius 1 is 1.33 bits per heavy atom. The van der Waals surface area contributed by atoms with Gasteiger partial charge >= 0.3 is 0 Å². The number of likely N-dealkylation sites (tertiary alicyclic amines) is 1. The Kier molecular flexibility index (Phi) is 7.74. The number of nitrogens with zero attached hydrogens (tertiary/aromatic N) is 2. The number of benzene rings is 1. The number of nitrogens with two attached hydrogens (primary N) is 1. The third kappa shape index (κ3) is 5.76. The van der Waals surface area contributed by atoms with Crippen molar-refractivity contribution < 1.29 is 9.18 Å². The van der Waals surface area contributed by atoms with Crippen LogP contribution in [-0.2, 0) is 11.2 Å². The lowest BCUT2D eigenvalue weighted by Crippen LogP contribution is -2.36. The van der Waals surface area contributed by atoms with E-state index in [4.69, 9.17) is 5.73 Å². The molecule has 3 N–H and O–H groups in total. The number of carbonyl (C=O) groups is 1. The highest BCUT2D eigenvalue weighted by Crippen LogP contribution is 2.31. The second-order valence-corrected chi connectivity index (χ2v) is 7.50. The van der Waals surface area contributed by atoms with E-state index < -0.39 is 6.04 Å². The number of amides is 1. The van der Waals surface area contributed by atoms with E-state index in [-0.39, 0.29) is 24.2 Å². The molecule has 3 rings (SSSR count). The first kappa shape index (κ1) is 21.7. The van der Waals surface area contributed by atoms with Gasteiger partial charge in [0.25, 0.3) is 0 Å². The Hall–Kier alpha value is -2.99. The SMILES string of the molecule is CC=CC=CC=Cc1cnc([C@@H]2CCCN2C(=O)C[C@H](N)Cc2ccccc2F)[nH]1. The van der Waals surface area contributed by atoms with Crippen LogP contribution in [-0.4, -0.2) is 33.4 Å². The quantitative estimate of drug-likeness (QED) is 0.639. The van der Waals surface area contributed by atoms with Crippen molar-refractivity contribution in [3.8, 4) is 0 Å². The summed E-state index contributed by atoms with van der Waals surface area (Å²) in [6.45, 7) is 2.66. The molecule has 1 aromatic heterocycles. The van der Waals surface area contributed by atoms with Crippen molar-refractivity contribution in [2.45, 2.75) is 44.7 Å². The van der Waals surface area contributed by atoms with Crippen LogP contribution in [0.15, 0.2) is 60.8 Å². The minimum absolute atomic E-state index is 0.0101. The fourth-order valence-corrected chi connectivity index (χ4v) is 3.71. The molecule has 30 heavy (non-hydrogen) atoms. The molecule has 1 saturated heterocycles. The molecule has 158 valence electrons. The number of nitrogens with one attached hydrogen (secondary N) is 1. The largest absolute Gasteiger partial charge is 0.341 e. The smallest absolute Gasteiger partial charge is 0.224 e. The number of allylic oxidation sites excluding steroid dienone is 5. The van der Waals surface area contributed by atoms with Crippen LogP contribution < -0.4 is 5.73 Å². The fourth-order valence-electron chi connectivity index (χ4n) is 3.71. The third-order valence-corrected chi connectivity index (χ3v) is 5.18. The van der Waals surface area contributed by atoms with Crippen LogP contribution in [0.4, 0.5) is 4.39 Å². The molecule has 0 spiro atoms. The lowest BCUT2D eigenvalue weighted by atomic mass is 10.0. The van der Waals surface area contributed by atoms with Crippen LogP contribution in [0, 0.1) is 5.82 Å². The van der Waals surface area contributed by atoms with Gasteiger partial charge in [-0.15, -0.1) is 0 Å². The molecule has 2 heterocycles. The van der Waals surface area contributed by atoms with Crippen molar-refractivity contribution in [1.82, 2.24) is 14.9 Å². The summed E-state index contributed by atoms with van der Waals surface area (Å²) in [6, 6.07) is 6.07. The summed E-state index contributed by atoms with van der Waals surface area (Å²) in [5.74, 6) is 0.501. The predicted molar refractivity (Wildman–Crippen MR) is 118 cm³/mol. The fraction of sp³-hybridized carbons (Fsp3) is 0.333. The zero-order valence-electron chi connectivity index (χ0n) is 17.3. The van der Waals surface area contributed by atoms with E-state index in [1.807, 2.05) is 48.3 Å². The number of aromatic nitrogens is 2. The van der Waals surface area contributed by atoms with Crippen LogP contribution in [0.25, 0.3) is 6.08 Å². The van der Waals surface area contributed by atoms with E-state index in [9.17, 15) is 9.18 Å². The Morgan fingerprint density at radius 3 is 2.93 bits per heavy atom. The summed E-state index contributed by atoms with van der Waals surface area (Å²) in [5.41, 5.74) is 7.60. The number of hydrogen-bond donors (Lipinski definition) is 2. The first-order chi connectivity index (χ1) is 14.6. The maximum absolute atomic E-state index is 13.8. The summed E-state index contributed by atoms with van der Waals surface area (Å²) in [4.78, 5) is 22.5. The maximum atomic E-state index is 13.8. The van der Waals surface area contributed by atoms with Crippen molar-refractivity contribution in [2.24, 2.45) is 5.73 Å². The number of aromatic amines is 1. The van der Waals surface area contributed by atoms with E-state index in [0.29, 0.717) is 18.5 Å². The highest BCUT2D eigenvalue weighted by Gasteiger charge is 2.32. The Bertz CT molecular complexity index is 931. The minimum Gasteiger partial charge on any atom is -0.341 e. The standard InChI is InChI=1S/C24H29FN4O/c1-2-3-4-5-6-11-20-17-27-24(28-20)22-13-9-14-29(22)23(30)16-19(26)15-18-10-7-8-12-21(18)25/h2-8,10-12,17,19,22H,9,13-16,26H2,1H3,(H,27,28)/t19-,22+/m1/s1. The second kappa shape index (κ2) is 10.7. The van der Waals surface area contributed by atoms with Crippen LogP contribution in [0.2, 0.25) is 0 Å². The van der Waals surface area contributed by atoms with Crippen LogP contribution in [0.5, 0.6) is 0 Å². The normalized spacial score (nSPS) is 18.2. The Morgan fingerprint density at radius 2 is 2.13 bits per heavy atom. The van der Waals surface area contributed by atoms with Gasteiger partial charge in [-0.1, -0.05) is 48.6 Å². The first-order valence-corrected chi connectivity index (χ1v) is 10.4. The first-order valence-electron chi connectivity index (χ1n) is 10.4. The lowest BCUT2D eigenvalue weighted by molar-refractivity contribution is -0.132. The van der Waals surface area contributed by atoms with Gasteiger partial charge in [0, 0.05) is 19.0 Å². The molecular weight excluding hydrogens is 379 g/mol. The molecule has 5 nitrogen and oxygen atoms in total. The number of rotatable bonds is 8. The van der Waals surface area contributed by atoms with Crippen molar-refractivity contribution in [3.05, 3.63) is 83.7 Å². The summed E-state index contributed by atoms with van der Waals surface area (Å²) in [7, 11) is 0. The number of hydrogen-bond acceptors (Lipinski definition) is 3. The van der Waals surface area contributed by atoms with Gasteiger partial charge in [-0.3, -0.25) is 4.79 Å². The molecule has 0 radical (unpaired) electrons. The van der Waals surface area contributed by atoms with E-state index in [2.05, 4.69) is 9.97 Å². The molecule has 1 aromatic carbocycles. The van der Waals surface area contributed by atoms with Gasteiger partial charge in [0.15, 0.2) is 0 Å². The molecule has 2 atom stereocenters. The topological polar surface area (TPSA) is 75.0 Å². The maximum Gasteiger partial charge on any atom is 0.224 e. The molecule has 0 unspecified atom stereocenters. The van der Waals surface area contributed by atoms with Crippen LogP contribution in [0.3, 0.4) is 0 Å². The Labute approximate surface area is 177 Å². The lowest BCUT2D eigenvalue weighted by Gasteiger charge is -2.25. The molecule has 6 heteroatoms. The number of halogens is 1. The van der Waals surface area contributed by atoms with Crippen LogP contribution in [0.1, 0.15) is 49.3 Å². The molecular formula is C24H29FN4O. The van der Waals surface area contributed by atoms with E-state index in [1.165, 1.54) is 6.07 Å². The van der Waals surface area contributed by atoms with Crippen molar-refractivity contribution in [2.75, 3.05) is 6.54 Å². The molecule has 1 aliphatic rings. The van der Waals surface area contributed by atoms with Gasteiger partial charge in [-0.05, 0) is 43.9 Å². The highest BCUT2D eigenvalue weighted by atomic mass is 19.1. The predicted octanol–water partition coefficient (Wildman–Crippen LogP) is 4.32. The monoisotopic (exact) mass is 408 g/mol. The van der Waals surface area contributed by atoms with Gasteiger partial charge in [-0.25, -0.2) is 9.37 Å². The minimum atomic E-state index is -0.422. The van der Waals surface area contributed by atoms with Crippen molar-refractivity contribution >= 4 is 12.0 Å². The number of imidazole rings is 1. The zero-order chi connectivity index (χ0) is 21.3. The van der Waals surface area contributed by atoms with Gasteiger partial charge in [-0.2, -0.15) is 0 Å². The number of carbonyl (C=O) groups excluding carboxylic acids is 1. The molecule has 2 aromatic rings. The molecule has 1 aliphatic heterocycles. The second-order valence-electron chi connectivity index (χ2n) is 7.50. The van der Waals surface area contributed by atoms with E-state index >= 15 is 0 Å². The third-order valence-electron chi connectivity index (χ3n) is 5.18. The molecule has 0 bridgehead atoms. The molecule has 1 fully saturated rings. The summed E-state index contributed by atoms with van der Waals surface area (Å²) in [6.07, 6.45) is 15.8. The zero-order valence-corrected chi connectivity index (χ0v) is 17.3. The molecule has 1 amide bonds. The summed E-state index contributed by atoms with van der Waals surface area (Å²) >= 11 is 0. The summed E-state index contributed by atoms with van der Waals surface area (Å²) < 4.78 is 13.8. The Balaban J connectivity index is 1.60. The van der Waals surface area contributed by atoms with Crippen molar-refractivity contribution in [1.29, 1.82) is 0 Å². The van der Waals surface area contributed by atoms with Crippen molar-refractivity contribution in [3.63, 3.8) is 0 Å². The van der Waals surface area contributed by atoms with Gasteiger partial charge < -0.3 is 15.6 Å². The summed E-state index contributed by atoms with van der Waals surface area (Å²) in [5, 5.41) is 0. The van der Waals surface area contributed by atoms with E-state index in [0.717, 1.165) is 24.4 Å². The van der Waals surface area contributed by atoms with Gasteiger partial charge in [0.2, 0.25) is 5.91 Å². The molecule has 0 saturated carbocycles. The number of H-pyrrole nitrogens is 1. The van der Waals surface area contributed by atoms with Gasteiger partial charge in [0.1, 0.15) is 11.6 Å². The highest BCUT2D eigenvalue weighted by molar-refractivity contribution is 5.77. The average Bonchev–Trinajstić information content (AvgIpc) is 3.39. The van der Waals surface area contributed by atoms with Crippen LogP contribution >= 0.6 is 0 Å².